The van der Waals surface area contributed by atoms with Gasteiger partial charge in [-0.3, -0.25) is 4.79 Å². The SMILES string of the molecule is O=C(CC(O)c1cccc(Br)c1)c1ccccc1. The molecule has 0 aliphatic rings. The van der Waals surface area contributed by atoms with Crippen molar-refractivity contribution in [1.29, 1.82) is 0 Å². The van der Waals surface area contributed by atoms with E-state index in [1.165, 1.54) is 0 Å². The highest BCUT2D eigenvalue weighted by Gasteiger charge is 2.14. The van der Waals surface area contributed by atoms with Gasteiger partial charge >= 0.3 is 0 Å². The third kappa shape index (κ3) is 3.28. The van der Waals surface area contributed by atoms with E-state index in [0.717, 1.165) is 10.0 Å². The molecule has 0 bridgehead atoms. The Morgan fingerprint density at radius 1 is 1.11 bits per heavy atom. The number of aliphatic hydroxyl groups excluding tert-OH is 1. The van der Waals surface area contributed by atoms with Crippen LogP contribution in [0, 0.1) is 0 Å². The number of rotatable bonds is 4. The van der Waals surface area contributed by atoms with E-state index in [-0.39, 0.29) is 12.2 Å². The topological polar surface area (TPSA) is 37.3 Å². The van der Waals surface area contributed by atoms with Gasteiger partial charge in [-0.05, 0) is 17.7 Å². The molecule has 2 aromatic carbocycles. The summed E-state index contributed by atoms with van der Waals surface area (Å²) >= 11 is 3.35. The van der Waals surface area contributed by atoms with Crippen molar-refractivity contribution in [3.8, 4) is 0 Å². The summed E-state index contributed by atoms with van der Waals surface area (Å²) in [6.45, 7) is 0. The van der Waals surface area contributed by atoms with Crippen LogP contribution in [0.3, 0.4) is 0 Å². The lowest BCUT2D eigenvalue weighted by Crippen LogP contribution is -2.07. The maximum absolute atomic E-state index is 11.9. The molecule has 1 unspecified atom stereocenters. The normalized spacial score (nSPS) is 12.1. The van der Waals surface area contributed by atoms with E-state index in [4.69, 9.17) is 0 Å². The number of ketones is 1. The average molecular weight is 305 g/mol. The molecule has 1 N–H and O–H groups in total. The Kier molecular flexibility index (Phi) is 4.28. The first-order chi connectivity index (χ1) is 8.66. The van der Waals surface area contributed by atoms with Crippen molar-refractivity contribution in [3.05, 3.63) is 70.2 Å². The summed E-state index contributed by atoms with van der Waals surface area (Å²) in [5.74, 6) is -0.0527. The molecular formula is C15H13BrO2. The molecule has 0 heterocycles. The van der Waals surface area contributed by atoms with Crippen LogP contribution in [0.4, 0.5) is 0 Å². The maximum Gasteiger partial charge on any atom is 0.165 e. The molecule has 0 spiro atoms. The number of hydrogen-bond acceptors (Lipinski definition) is 2. The second-order valence-corrected chi connectivity index (χ2v) is 4.98. The number of benzene rings is 2. The van der Waals surface area contributed by atoms with E-state index < -0.39 is 6.10 Å². The molecular weight excluding hydrogens is 292 g/mol. The van der Waals surface area contributed by atoms with Crippen LogP contribution in [0.25, 0.3) is 0 Å². The molecule has 0 fully saturated rings. The summed E-state index contributed by atoms with van der Waals surface area (Å²) in [5.41, 5.74) is 1.38. The van der Waals surface area contributed by atoms with Crippen LogP contribution >= 0.6 is 15.9 Å². The van der Waals surface area contributed by atoms with E-state index >= 15 is 0 Å². The molecule has 0 aromatic heterocycles. The number of carbonyl (C=O) groups excluding carboxylic acids is 1. The number of hydrogen-bond donors (Lipinski definition) is 1. The summed E-state index contributed by atoms with van der Waals surface area (Å²) in [6.07, 6.45) is -0.671. The Hall–Kier alpha value is -1.45. The van der Waals surface area contributed by atoms with Gasteiger partial charge in [-0.2, -0.15) is 0 Å². The highest BCUT2D eigenvalue weighted by atomic mass is 79.9. The van der Waals surface area contributed by atoms with Gasteiger partial charge in [0, 0.05) is 16.5 Å². The van der Waals surface area contributed by atoms with Gasteiger partial charge in [-0.1, -0.05) is 58.4 Å². The Morgan fingerprint density at radius 3 is 2.50 bits per heavy atom. The summed E-state index contributed by atoms with van der Waals surface area (Å²) in [4.78, 5) is 11.9. The molecule has 2 nitrogen and oxygen atoms in total. The van der Waals surface area contributed by atoms with Crippen molar-refractivity contribution in [2.24, 2.45) is 0 Å². The Balaban J connectivity index is 2.08. The number of halogens is 1. The zero-order chi connectivity index (χ0) is 13.0. The minimum absolute atomic E-state index is 0.0527. The quantitative estimate of drug-likeness (QED) is 0.873. The van der Waals surface area contributed by atoms with E-state index in [1.807, 2.05) is 42.5 Å². The monoisotopic (exact) mass is 304 g/mol. The zero-order valence-electron chi connectivity index (χ0n) is 9.71. The first-order valence-electron chi connectivity index (χ1n) is 5.68. The molecule has 1 atom stereocenters. The van der Waals surface area contributed by atoms with Crippen LogP contribution in [0.15, 0.2) is 59.1 Å². The average Bonchev–Trinajstić information content (AvgIpc) is 2.39. The van der Waals surface area contributed by atoms with Crippen molar-refractivity contribution in [3.63, 3.8) is 0 Å². The summed E-state index contributed by atoms with van der Waals surface area (Å²) in [5, 5.41) is 10.0. The van der Waals surface area contributed by atoms with Gasteiger partial charge in [0.05, 0.1) is 6.10 Å². The van der Waals surface area contributed by atoms with Gasteiger partial charge in [0.15, 0.2) is 5.78 Å². The second kappa shape index (κ2) is 5.94. The lowest BCUT2D eigenvalue weighted by atomic mass is 10.0. The number of carbonyl (C=O) groups is 1. The highest BCUT2D eigenvalue weighted by molar-refractivity contribution is 9.10. The third-order valence-corrected chi connectivity index (χ3v) is 3.20. The van der Waals surface area contributed by atoms with E-state index in [0.29, 0.717) is 5.56 Å². The first kappa shape index (κ1) is 13.0. The van der Waals surface area contributed by atoms with Gasteiger partial charge in [0.25, 0.3) is 0 Å². The number of aliphatic hydroxyl groups is 1. The van der Waals surface area contributed by atoms with Gasteiger partial charge in [-0.15, -0.1) is 0 Å². The van der Waals surface area contributed by atoms with E-state index in [2.05, 4.69) is 15.9 Å². The summed E-state index contributed by atoms with van der Waals surface area (Å²) < 4.78 is 0.895. The van der Waals surface area contributed by atoms with Crippen molar-refractivity contribution >= 4 is 21.7 Å². The Bertz CT molecular complexity index is 537. The van der Waals surface area contributed by atoms with E-state index in [9.17, 15) is 9.90 Å². The predicted molar refractivity (Wildman–Crippen MR) is 74.5 cm³/mol. The molecule has 0 radical (unpaired) electrons. The van der Waals surface area contributed by atoms with Crippen LogP contribution in [-0.4, -0.2) is 10.9 Å². The van der Waals surface area contributed by atoms with Crippen molar-refractivity contribution in [1.82, 2.24) is 0 Å². The molecule has 0 aliphatic heterocycles. The Morgan fingerprint density at radius 2 is 1.83 bits per heavy atom. The zero-order valence-corrected chi connectivity index (χ0v) is 11.3. The van der Waals surface area contributed by atoms with Gasteiger partial charge in [0.1, 0.15) is 0 Å². The number of Topliss-reactive ketones (excluding diaryl/α,β-unsaturated/α-hetero) is 1. The second-order valence-electron chi connectivity index (χ2n) is 4.06. The van der Waals surface area contributed by atoms with Crippen molar-refractivity contribution in [2.75, 3.05) is 0 Å². The van der Waals surface area contributed by atoms with Gasteiger partial charge in [-0.25, -0.2) is 0 Å². The molecule has 0 saturated carbocycles. The lowest BCUT2D eigenvalue weighted by Gasteiger charge is -2.10. The molecule has 3 heteroatoms. The van der Waals surface area contributed by atoms with E-state index in [1.54, 1.807) is 12.1 Å². The van der Waals surface area contributed by atoms with Crippen LogP contribution < -0.4 is 0 Å². The lowest BCUT2D eigenvalue weighted by molar-refractivity contribution is 0.0880. The standard InChI is InChI=1S/C15H13BrO2/c16-13-8-4-7-12(9-13)15(18)10-14(17)11-5-2-1-3-6-11/h1-9,15,18H,10H2. The molecule has 92 valence electrons. The van der Waals surface area contributed by atoms with Crippen LogP contribution in [0.1, 0.15) is 28.4 Å². The summed E-state index contributed by atoms with van der Waals surface area (Å²) in [6, 6.07) is 16.4. The minimum Gasteiger partial charge on any atom is -0.388 e. The largest absolute Gasteiger partial charge is 0.388 e. The third-order valence-electron chi connectivity index (χ3n) is 2.71. The van der Waals surface area contributed by atoms with Crippen molar-refractivity contribution in [2.45, 2.75) is 12.5 Å². The predicted octanol–water partition coefficient (Wildman–Crippen LogP) is 3.76. The molecule has 0 saturated heterocycles. The first-order valence-corrected chi connectivity index (χ1v) is 6.48. The molecule has 0 amide bonds. The van der Waals surface area contributed by atoms with Gasteiger partial charge in [0.2, 0.25) is 0 Å². The molecule has 2 rings (SSSR count). The summed E-state index contributed by atoms with van der Waals surface area (Å²) in [7, 11) is 0. The maximum atomic E-state index is 11.9. The smallest absolute Gasteiger partial charge is 0.165 e. The van der Waals surface area contributed by atoms with Crippen LogP contribution in [0.2, 0.25) is 0 Å². The molecule has 18 heavy (non-hydrogen) atoms. The molecule has 2 aromatic rings. The highest BCUT2D eigenvalue weighted by Crippen LogP contribution is 2.22. The van der Waals surface area contributed by atoms with Crippen LogP contribution in [0.5, 0.6) is 0 Å². The molecule has 0 aliphatic carbocycles. The minimum atomic E-state index is -0.768. The van der Waals surface area contributed by atoms with Crippen LogP contribution in [-0.2, 0) is 0 Å². The fourth-order valence-electron chi connectivity index (χ4n) is 1.75. The Labute approximate surface area is 114 Å². The van der Waals surface area contributed by atoms with Gasteiger partial charge < -0.3 is 5.11 Å². The van der Waals surface area contributed by atoms with Crippen molar-refractivity contribution < 1.29 is 9.90 Å². The fourth-order valence-corrected chi connectivity index (χ4v) is 2.17. The fraction of sp³-hybridized carbons (Fsp3) is 0.133.